The number of nitrogens with one attached hydrogen (secondary N) is 1. The van der Waals surface area contributed by atoms with Gasteiger partial charge in [-0.15, -0.1) is 0 Å². The number of nitrogens with zero attached hydrogens (tertiary/aromatic N) is 8. The van der Waals surface area contributed by atoms with Crippen LogP contribution in [-0.4, -0.2) is 82.9 Å². The van der Waals surface area contributed by atoms with E-state index in [1.54, 1.807) is 12.4 Å². The molecule has 0 spiro atoms. The molecule has 0 radical (unpaired) electrons. The van der Waals surface area contributed by atoms with Crippen LogP contribution in [0.4, 0.5) is 18.9 Å². The van der Waals surface area contributed by atoms with Crippen molar-refractivity contribution in [2.75, 3.05) is 31.2 Å². The number of morpholine rings is 1. The molecular formula is C30H24F3N9O4. The number of hydrogen-bond donors (Lipinski definition) is 2. The number of anilines is 1. The molecule has 6 aromatic rings. The van der Waals surface area contributed by atoms with Crippen molar-refractivity contribution >= 4 is 40.4 Å². The average Bonchev–Trinajstić information content (AvgIpc) is 3.67. The minimum Gasteiger partial charge on any atom is -0.475 e. The minimum atomic E-state index is -5.08. The normalized spacial score (nSPS) is 13.7. The summed E-state index contributed by atoms with van der Waals surface area (Å²) in [6.07, 6.45) is 3.78. The van der Waals surface area contributed by atoms with Crippen molar-refractivity contribution in [3.8, 4) is 17.1 Å². The van der Waals surface area contributed by atoms with Crippen LogP contribution in [0.25, 0.3) is 45.8 Å². The van der Waals surface area contributed by atoms with E-state index in [0.717, 1.165) is 58.0 Å². The van der Waals surface area contributed by atoms with Gasteiger partial charge in [-0.1, -0.05) is 24.3 Å². The molecule has 5 aromatic heterocycles. The number of pyridine rings is 2. The van der Waals surface area contributed by atoms with Crippen LogP contribution in [-0.2, 0) is 9.53 Å². The maximum atomic E-state index is 11.5. The standard InChI is InChI=1S/C28H23N9O2.C2HF3O2/c38-28-30-18-36(34-28)25-10-6-20(17-29-25)26-23(9-8-21-7-5-19-3-1-2-4-22(19)32-21)33-27-24(11-12-31-37(26)27)35-13-15-39-16-14-35;3-2(4,5)1(6)7/h1-12,17-18H,13-16H2,(H,34,38);(H,6,7). The van der Waals surface area contributed by atoms with E-state index in [0.29, 0.717) is 19.0 Å². The largest absolute Gasteiger partial charge is 0.490 e. The van der Waals surface area contributed by atoms with Crippen LogP contribution >= 0.6 is 0 Å². The van der Waals surface area contributed by atoms with E-state index < -0.39 is 17.8 Å². The molecule has 1 aliphatic rings. The minimum absolute atomic E-state index is 0.433. The van der Waals surface area contributed by atoms with Crippen LogP contribution in [0.2, 0.25) is 0 Å². The first-order valence-corrected chi connectivity index (χ1v) is 13.8. The number of ether oxygens (including phenoxy) is 1. The number of imidazole rings is 1. The van der Waals surface area contributed by atoms with Gasteiger partial charge < -0.3 is 14.7 Å². The molecule has 0 amide bonds. The number of benzene rings is 1. The molecule has 1 aliphatic heterocycles. The maximum Gasteiger partial charge on any atom is 0.490 e. The Morgan fingerprint density at radius 2 is 1.76 bits per heavy atom. The van der Waals surface area contributed by atoms with Gasteiger partial charge in [0.25, 0.3) is 0 Å². The van der Waals surface area contributed by atoms with Gasteiger partial charge in [0, 0.05) is 30.2 Å². The van der Waals surface area contributed by atoms with Crippen molar-refractivity contribution in [3.05, 3.63) is 95.2 Å². The molecule has 0 aliphatic carbocycles. The number of hydrogen-bond acceptors (Lipinski definition) is 9. The summed E-state index contributed by atoms with van der Waals surface area (Å²) in [6, 6.07) is 17.8. The van der Waals surface area contributed by atoms with Gasteiger partial charge in [0.1, 0.15) is 12.0 Å². The molecule has 6 heterocycles. The Morgan fingerprint density at radius 1 is 0.978 bits per heavy atom. The van der Waals surface area contributed by atoms with Gasteiger partial charge in [-0.05, 0) is 42.5 Å². The summed E-state index contributed by atoms with van der Waals surface area (Å²) in [5, 5.41) is 15.5. The van der Waals surface area contributed by atoms with Gasteiger partial charge in [0.15, 0.2) is 11.5 Å². The molecular weight excluding hydrogens is 607 g/mol. The van der Waals surface area contributed by atoms with Crippen molar-refractivity contribution in [2.45, 2.75) is 6.18 Å². The topological polar surface area (TPSA) is 156 Å². The fraction of sp³-hybridized carbons (Fsp3) is 0.167. The smallest absolute Gasteiger partial charge is 0.475 e. The maximum absolute atomic E-state index is 11.5. The third-order valence-electron chi connectivity index (χ3n) is 6.93. The number of carboxylic acid groups (broad SMARTS) is 1. The Bertz CT molecular complexity index is 2100. The van der Waals surface area contributed by atoms with Crippen LogP contribution in [0.5, 0.6) is 0 Å². The number of carboxylic acids is 1. The van der Waals surface area contributed by atoms with Crippen molar-refractivity contribution < 1.29 is 27.8 Å². The Balaban J connectivity index is 0.000000480. The summed E-state index contributed by atoms with van der Waals surface area (Å²) in [5.74, 6) is -2.21. The lowest BCUT2D eigenvalue weighted by Gasteiger charge is -2.28. The lowest BCUT2D eigenvalue weighted by molar-refractivity contribution is -0.192. The second-order valence-electron chi connectivity index (χ2n) is 9.90. The van der Waals surface area contributed by atoms with Crippen LogP contribution in [0, 0.1) is 0 Å². The Hall–Kier alpha value is -5.90. The summed E-state index contributed by atoms with van der Waals surface area (Å²) in [7, 11) is 0. The van der Waals surface area contributed by atoms with E-state index in [4.69, 9.17) is 24.6 Å². The molecule has 13 nitrogen and oxygen atoms in total. The monoisotopic (exact) mass is 631 g/mol. The van der Waals surface area contributed by atoms with Crippen molar-refractivity contribution in [2.24, 2.45) is 0 Å². The molecule has 0 unspecified atom stereocenters. The van der Waals surface area contributed by atoms with E-state index in [2.05, 4.69) is 31.1 Å². The molecule has 0 atom stereocenters. The second-order valence-corrected chi connectivity index (χ2v) is 9.90. The number of aliphatic carboxylic acids is 1. The quantitative estimate of drug-likeness (QED) is 0.287. The van der Waals surface area contributed by atoms with Crippen LogP contribution < -0.4 is 10.6 Å². The Morgan fingerprint density at radius 3 is 2.46 bits per heavy atom. The highest BCUT2D eigenvalue weighted by Gasteiger charge is 2.38. The first-order chi connectivity index (χ1) is 22.2. The van der Waals surface area contributed by atoms with Crippen molar-refractivity contribution in [1.82, 2.24) is 39.3 Å². The van der Waals surface area contributed by atoms with E-state index in [-0.39, 0.29) is 0 Å². The summed E-state index contributed by atoms with van der Waals surface area (Å²) in [6.45, 7) is 2.91. The van der Waals surface area contributed by atoms with Gasteiger partial charge in [-0.3, -0.25) is 0 Å². The number of aromatic nitrogens is 8. The number of carbonyl (C=O) groups is 1. The summed E-state index contributed by atoms with van der Waals surface area (Å²) < 4.78 is 40.6. The number of alkyl halides is 3. The van der Waals surface area contributed by atoms with E-state index >= 15 is 0 Å². The number of H-pyrrole nitrogens is 1. The van der Waals surface area contributed by atoms with Crippen LogP contribution in [0.15, 0.2) is 78.1 Å². The van der Waals surface area contributed by atoms with E-state index in [9.17, 15) is 18.0 Å². The van der Waals surface area contributed by atoms with Crippen LogP contribution in [0.1, 0.15) is 11.4 Å². The molecule has 0 saturated carbocycles. The van der Waals surface area contributed by atoms with Crippen LogP contribution in [0.3, 0.4) is 0 Å². The highest BCUT2D eigenvalue weighted by atomic mass is 19.4. The van der Waals surface area contributed by atoms with E-state index in [1.807, 2.05) is 65.2 Å². The van der Waals surface area contributed by atoms with Gasteiger partial charge in [0.05, 0.1) is 42.0 Å². The van der Waals surface area contributed by atoms with Gasteiger partial charge in [-0.25, -0.2) is 38.8 Å². The number of aromatic amines is 1. The number of rotatable bonds is 5. The Kier molecular flexibility index (Phi) is 8.26. The molecule has 1 fully saturated rings. The fourth-order valence-corrected chi connectivity index (χ4v) is 4.78. The fourth-order valence-electron chi connectivity index (χ4n) is 4.78. The number of fused-ring (bicyclic) bond motifs is 2. The lowest BCUT2D eigenvalue weighted by atomic mass is 10.1. The number of para-hydroxylation sites is 1. The zero-order valence-corrected chi connectivity index (χ0v) is 23.8. The third kappa shape index (κ3) is 6.46. The zero-order chi connectivity index (χ0) is 32.3. The summed E-state index contributed by atoms with van der Waals surface area (Å²) in [4.78, 5) is 40.7. The second kappa shape index (κ2) is 12.6. The third-order valence-corrected chi connectivity index (χ3v) is 6.93. The highest BCUT2D eigenvalue weighted by molar-refractivity contribution is 5.84. The van der Waals surface area contributed by atoms with Gasteiger partial charge in [-0.2, -0.15) is 23.3 Å². The molecule has 2 N–H and O–H groups in total. The predicted molar refractivity (Wildman–Crippen MR) is 161 cm³/mol. The Labute approximate surface area is 257 Å². The SMILES string of the molecule is O=C(O)C(F)(F)F.O=c1ncn(-c2ccc(-c3c(C=Cc4ccc5ccccc5n4)nc4c(N5CCOCC5)ccnn34)cn2)[nH]1. The molecule has 46 heavy (non-hydrogen) atoms. The summed E-state index contributed by atoms with van der Waals surface area (Å²) >= 11 is 0. The lowest BCUT2D eigenvalue weighted by Crippen LogP contribution is -2.36. The zero-order valence-electron chi connectivity index (χ0n) is 23.8. The molecule has 0 bridgehead atoms. The molecule has 234 valence electrons. The highest BCUT2D eigenvalue weighted by Crippen LogP contribution is 2.31. The van der Waals surface area contributed by atoms with Crippen molar-refractivity contribution in [1.29, 1.82) is 0 Å². The molecule has 1 saturated heterocycles. The first kappa shape index (κ1) is 30.1. The summed E-state index contributed by atoms with van der Waals surface area (Å²) in [5.41, 5.74) is 5.45. The molecule has 7 rings (SSSR count). The molecule has 16 heteroatoms. The molecule has 1 aromatic carbocycles. The van der Waals surface area contributed by atoms with E-state index in [1.165, 1.54) is 11.0 Å². The average molecular weight is 632 g/mol. The van der Waals surface area contributed by atoms with Gasteiger partial charge in [0.2, 0.25) is 0 Å². The predicted octanol–water partition coefficient (Wildman–Crippen LogP) is 3.85. The number of halogens is 3. The first-order valence-electron chi connectivity index (χ1n) is 13.8. The van der Waals surface area contributed by atoms with Crippen molar-refractivity contribution in [3.63, 3.8) is 0 Å². The van der Waals surface area contributed by atoms with Gasteiger partial charge >= 0.3 is 17.8 Å².